The zero-order valence-electron chi connectivity index (χ0n) is 16.8. The number of aliphatic hydroxyl groups excluding tert-OH is 1. The van der Waals surface area contributed by atoms with Crippen molar-refractivity contribution >= 4 is 5.91 Å². The van der Waals surface area contributed by atoms with E-state index in [9.17, 15) is 19.1 Å². The highest BCUT2D eigenvalue weighted by Crippen LogP contribution is 2.42. The number of likely N-dealkylation sites (tertiary alicyclic amines) is 1. The van der Waals surface area contributed by atoms with Crippen LogP contribution < -0.4 is 10.9 Å². The van der Waals surface area contributed by atoms with Crippen molar-refractivity contribution in [1.82, 2.24) is 14.8 Å². The summed E-state index contributed by atoms with van der Waals surface area (Å²) >= 11 is 0. The van der Waals surface area contributed by atoms with Crippen LogP contribution in [0.3, 0.4) is 0 Å². The molecule has 2 bridgehead atoms. The second-order valence-electron chi connectivity index (χ2n) is 8.60. The molecule has 2 N–H and O–H groups in total. The van der Waals surface area contributed by atoms with E-state index in [0.29, 0.717) is 17.7 Å². The first-order chi connectivity index (χ1) is 14.6. The monoisotopic (exact) mass is 411 g/mol. The molecule has 0 unspecified atom stereocenters. The Balaban J connectivity index is 1.53. The lowest BCUT2D eigenvalue weighted by Gasteiger charge is -2.33. The van der Waals surface area contributed by atoms with Crippen molar-refractivity contribution in [1.29, 1.82) is 0 Å². The molecule has 0 aliphatic carbocycles. The number of hydrogen-bond donors (Lipinski definition) is 2. The van der Waals surface area contributed by atoms with E-state index in [2.05, 4.69) is 5.32 Å². The minimum Gasteiger partial charge on any atom is -0.396 e. The van der Waals surface area contributed by atoms with Gasteiger partial charge in [0.15, 0.2) is 0 Å². The minimum absolute atomic E-state index is 0.0808. The second kappa shape index (κ2) is 7.63. The van der Waals surface area contributed by atoms with E-state index in [-0.39, 0.29) is 47.8 Å². The Morgan fingerprint density at radius 2 is 1.83 bits per heavy atom. The van der Waals surface area contributed by atoms with E-state index >= 15 is 0 Å². The summed E-state index contributed by atoms with van der Waals surface area (Å²) in [6.07, 6.45) is 3.17. The van der Waals surface area contributed by atoms with Crippen LogP contribution in [-0.4, -0.2) is 46.2 Å². The molecule has 158 valence electrons. The summed E-state index contributed by atoms with van der Waals surface area (Å²) in [4.78, 5) is 28.6. The van der Waals surface area contributed by atoms with Crippen LogP contribution in [0.4, 0.5) is 4.39 Å². The molecule has 6 nitrogen and oxygen atoms in total. The number of amides is 1. The minimum atomic E-state index is -0.372. The van der Waals surface area contributed by atoms with Crippen molar-refractivity contribution in [2.45, 2.75) is 37.9 Å². The molecule has 30 heavy (non-hydrogen) atoms. The average molecular weight is 411 g/mol. The number of fused-ring (bicyclic) bond motifs is 4. The normalized spacial score (nSPS) is 27.7. The second-order valence-corrected chi connectivity index (χ2v) is 8.60. The Labute approximate surface area is 174 Å². The summed E-state index contributed by atoms with van der Waals surface area (Å²) in [6.45, 7) is 1.85. The van der Waals surface area contributed by atoms with Gasteiger partial charge in [-0.3, -0.25) is 9.59 Å². The number of carbonyl (C=O) groups excluding carboxylic acids is 1. The zero-order valence-corrected chi connectivity index (χ0v) is 16.8. The van der Waals surface area contributed by atoms with Crippen LogP contribution in [0, 0.1) is 17.7 Å². The number of aromatic nitrogens is 1. The van der Waals surface area contributed by atoms with Crippen LogP contribution in [0.2, 0.25) is 0 Å². The summed E-state index contributed by atoms with van der Waals surface area (Å²) in [5.41, 5.74) is 1.83. The Hall–Kier alpha value is -2.51. The number of nitrogens with one attached hydrogen (secondary N) is 1. The van der Waals surface area contributed by atoms with Gasteiger partial charge >= 0.3 is 0 Å². The summed E-state index contributed by atoms with van der Waals surface area (Å²) in [5, 5.41) is 13.6. The molecule has 0 spiro atoms. The molecule has 2 fully saturated rings. The summed E-state index contributed by atoms with van der Waals surface area (Å²) < 4.78 is 15.0. The van der Waals surface area contributed by atoms with Crippen LogP contribution in [-0.2, 0) is 11.3 Å². The van der Waals surface area contributed by atoms with Crippen molar-refractivity contribution in [3.63, 3.8) is 0 Å². The van der Waals surface area contributed by atoms with Crippen LogP contribution in [0.25, 0.3) is 11.1 Å². The van der Waals surface area contributed by atoms with Gasteiger partial charge in [-0.05, 0) is 49.1 Å². The van der Waals surface area contributed by atoms with Gasteiger partial charge < -0.3 is 19.9 Å². The molecule has 1 aromatic carbocycles. The molecule has 4 heterocycles. The molecular formula is C23H26FN3O3. The first-order valence-corrected chi connectivity index (χ1v) is 10.7. The number of rotatable bonds is 3. The molecule has 5 rings (SSSR count). The third-order valence-electron chi connectivity index (χ3n) is 6.96. The zero-order chi connectivity index (χ0) is 20.8. The molecule has 0 saturated carbocycles. The summed E-state index contributed by atoms with van der Waals surface area (Å²) in [5.74, 6) is -0.859. The molecule has 3 aliphatic rings. The van der Waals surface area contributed by atoms with Crippen LogP contribution in [0.5, 0.6) is 0 Å². The average Bonchev–Trinajstić information content (AvgIpc) is 3.07. The van der Waals surface area contributed by atoms with Gasteiger partial charge in [-0.2, -0.15) is 0 Å². The first kappa shape index (κ1) is 19.5. The van der Waals surface area contributed by atoms with Gasteiger partial charge in [0, 0.05) is 49.5 Å². The van der Waals surface area contributed by atoms with Crippen LogP contribution in [0.1, 0.15) is 31.0 Å². The number of nitrogens with zero attached hydrogens (tertiary/aromatic N) is 2. The highest BCUT2D eigenvalue weighted by Gasteiger charge is 2.51. The van der Waals surface area contributed by atoms with Gasteiger partial charge in [0.2, 0.25) is 5.91 Å². The van der Waals surface area contributed by atoms with E-state index in [4.69, 9.17) is 0 Å². The number of carbonyl (C=O) groups is 1. The number of aliphatic hydroxyl groups is 1. The Bertz CT molecular complexity index is 1010. The fourth-order valence-electron chi connectivity index (χ4n) is 5.40. The van der Waals surface area contributed by atoms with E-state index in [0.717, 1.165) is 38.0 Å². The molecule has 2 aromatic rings. The largest absolute Gasteiger partial charge is 0.396 e. The predicted molar refractivity (Wildman–Crippen MR) is 110 cm³/mol. The van der Waals surface area contributed by atoms with Gasteiger partial charge in [-0.15, -0.1) is 0 Å². The number of halogens is 1. The van der Waals surface area contributed by atoms with Crippen molar-refractivity contribution in [2.24, 2.45) is 11.8 Å². The standard InChI is InChI=1S/C23H26FN3O3/c24-15-6-4-14(5-7-15)16-8-9-19-21-20(23(30)26-10-2-1-3-11-26)17(13-28)18(25-21)12-27(19)22(16)29/h4-9,17-18,20-21,25,28H,1-3,10-13H2/t17-,18-,20+,21+/m0/s1. The SMILES string of the molecule is O=C([C@@H]1[C@@H](CO)[C@@H]2Cn3c(ccc(-c4ccc(F)cc4)c3=O)[C@H]1N2)N1CCCCC1. The molecule has 2 saturated heterocycles. The van der Waals surface area contributed by atoms with Crippen LogP contribution in [0.15, 0.2) is 41.2 Å². The van der Waals surface area contributed by atoms with E-state index in [1.807, 2.05) is 11.0 Å². The Morgan fingerprint density at radius 1 is 1.10 bits per heavy atom. The highest BCUT2D eigenvalue weighted by molar-refractivity contribution is 5.81. The molecule has 3 aliphatic heterocycles. The van der Waals surface area contributed by atoms with Gasteiger partial charge in [0.25, 0.3) is 5.56 Å². The van der Waals surface area contributed by atoms with Crippen molar-refractivity contribution < 1.29 is 14.3 Å². The fourth-order valence-corrected chi connectivity index (χ4v) is 5.40. The number of hydrogen-bond acceptors (Lipinski definition) is 4. The lowest BCUT2D eigenvalue weighted by atomic mass is 9.85. The van der Waals surface area contributed by atoms with Gasteiger partial charge in [0.05, 0.1) is 12.0 Å². The molecule has 1 aromatic heterocycles. The molecule has 1 amide bonds. The van der Waals surface area contributed by atoms with Gasteiger partial charge in [-0.25, -0.2) is 4.39 Å². The predicted octanol–water partition coefficient (Wildman–Crippen LogP) is 1.92. The van der Waals surface area contributed by atoms with E-state index in [1.165, 1.54) is 12.1 Å². The third-order valence-corrected chi connectivity index (χ3v) is 6.96. The number of pyridine rings is 1. The van der Waals surface area contributed by atoms with Crippen molar-refractivity contribution in [3.8, 4) is 11.1 Å². The van der Waals surface area contributed by atoms with Crippen LogP contribution >= 0.6 is 0 Å². The lowest BCUT2D eigenvalue weighted by Crippen LogP contribution is -2.44. The smallest absolute Gasteiger partial charge is 0.258 e. The third kappa shape index (κ3) is 3.08. The Kier molecular flexibility index (Phi) is 4.95. The summed E-state index contributed by atoms with van der Waals surface area (Å²) in [7, 11) is 0. The summed E-state index contributed by atoms with van der Waals surface area (Å²) in [6, 6.07) is 9.14. The molecule has 7 heteroatoms. The lowest BCUT2D eigenvalue weighted by molar-refractivity contribution is -0.138. The maximum atomic E-state index is 13.4. The first-order valence-electron chi connectivity index (χ1n) is 10.7. The quantitative estimate of drug-likeness (QED) is 0.809. The molecular weight excluding hydrogens is 385 g/mol. The van der Waals surface area contributed by atoms with E-state index in [1.54, 1.807) is 22.8 Å². The van der Waals surface area contributed by atoms with Gasteiger partial charge in [-0.1, -0.05) is 12.1 Å². The van der Waals surface area contributed by atoms with Crippen molar-refractivity contribution in [2.75, 3.05) is 19.7 Å². The van der Waals surface area contributed by atoms with Crippen molar-refractivity contribution in [3.05, 3.63) is 58.3 Å². The highest BCUT2D eigenvalue weighted by atomic mass is 19.1. The van der Waals surface area contributed by atoms with Gasteiger partial charge in [0.1, 0.15) is 5.82 Å². The Morgan fingerprint density at radius 3 is 2.53 bits per heavy atom. The van der Waals surface area contributed by atoms with E-state index < -0.39 is 0 Å². The fraction of sp³-hybridized carbons (Fsp3) is 0.478. The number of piperidine rings is 1. The molecule has 0 radical (unpaired) electrons. The number of benzene rings is 1. The molecule has 4 atom stereocenters. The topological polar surface area (TPSA) is 74.6 Å². The maximum Gasteiger partial charge on any atom is 0.258 e. The maximum absolute atomic E-state index is 13.4.